The van der Waals surface area contributed by atoms with Gasteiger partial charge in [-0.15, -0.1) is 0 Å². The highest BCUT2D eigenvalue weighted by Crippen LogP contribution is 2.14. The molecule has 2 aromatic rings. The summed E-state index contributed by atoms with van der Waals surface area (Å²) in [6.07, 6.45) is 2.69. The summed E-state index contributed by atoms with van der Waals surface area (Å²) in [4.78, 5) is 10.4. The molecule has 102 valence electrons. The third-order valence-electron chi connectivity index (χ3n) is 2.82. The monoisotopic (exact) mass is 268 g/mol. The van der Waals surface area contributed by atoms with Gasteiger partial charge in [-0.1, -0.05) is 42.0 Å². The van der Waals surface area contributed by atoms with Crippen LogP contribution in [0, 0.1) is 6.92 Å². The normalized spacial score (nSPS) is 10.7. The van der Waals surface area contributed by atoms with Gasteiger partial charge in [-0.25, -0.2) is 4.79 Å². The van der Waals surface area contributed by atoms with Crippen LogP contribution in [0.25, 0.3) is 6.08 Å². The molecule has 0 aliphatic heterocycles. The Morgan fingerprint density at radius 2 is 1.75 bits per heavy atom. The molecule has 20 heavy (non-hydrogen) atoms. The van der Waals surface area contributed by atoms with Crippen molar-refractivity contribution >= 4 is 12.0 Å². The molecule has 0 saturated carbocycles. The van der Waals surface area contributed by atoms with E-state index in [-0.39, 0.29) is 0 Å². The molecule has 0 radical (unpaired) electrons. The maximum Gasteiger partial charge on any atom is 0.328 e. The number of carboxylic acids is 1. The molecule has 1 N–H and O–H groups in total. The van der Waals surface area contributed by atoms with Gasteiger partial charge in [0.25, 0.3) is 0 Å². The van der Waals surface area contributed by atoms with E-state index in [1.807, 2.05) is 55.5 Å². The Morgan fingerprint density at radius 1 is 1.10 bits per heavy atom. The first-order valence-electron chi connectivity index (χ1n) is 6.33. The van der Waals surface area contributed by atoms with Crippen LogP contribution in [0.2, 0.25) is 0 Å². The topological polar surface area (TPSA) is 46.5 Å². The molecule has 0 aromatic heterocycles. The van der Waals surface area contributed by atoms with Crippen LogP contribution in [0.15, 0.2) is 54.6 Å². The minimum absolute atomic E-state index is 0.492. The van der Waals surface area contributed by atoms with Crippen LogP contribution in [0.4, 0.5) is 0 Å². The van der Waals surface area contributed by atoms with Crippen molar-refractivity contribution in [3.05, 3.63) is 71.3 Å². The van der Waals surface area contributed by atoms with Crippen molar-refractivity contribution < 1.29 is 14.6 Å². The minimum atomic E-state index is -0.947. The highest BCUT2D eigenvalue weighted by atomic mass is 16.5. The largest absolute Gasteiger partial charge is 0.489 e. The third-order valence-corrected chi connectivity index (χ3v) is 2.82. The number of hydrogen-bond donors (Lipinski definition) is 1. The predicted molar refractivity (Wildman–Crippen MR) is 78.6 cm³/mol. The average Bonchev–Trinajstić information content (AvgIpc) is 2.45. The molecule has 0 heterocycles. The van der Waals surface area contributed by atoms with E-state index in [2.05, 4.69) is 0 Å². The lowest BCUT2D eigenvalue weighted by Crippen LogP contribution is -1.95. The number of aryl methyl sites for hydroxylation is 1. The molecular weight excluding hydrogens is 252 g/mol. The van der Waals surface area contributed by atoms with Gasteiger partial charge in [-0.2, -0.15) is 0 Å². The lowest BCUT2D eigenvalue weighted by atomic mass is 10.1. The Labute approximate surface area is 118 Å². The van der Waals surface area contributed by atoms with Gasteiger partial charge in [0.2, 0.25) is 0 Å². The van der Waals surface area contributed by atoms with Gasteiger partial charge < -0.3 is 9.84 Å². The summed E-state index contributed by atoms with van der Waals surface area (Å²) in [6.45, 7) is 2.53. The Balaban J connectivity index is 1.93. The standard InChI is InChI=1S/C17H16O3/c1-13-2-9-16(10-3-13)20-12-15-6-4-14(5-7-15)8-11-17(18)19/h2-11H,12H2,1H3,(H,18,19). The molecule has 3 heteroatoms. The van der Waals surface area contributed by atoms with Crippen LogP contribution >= 0.6 is 0 Å². The van der Waals surface area contributed by atoms with Crippen molar-refractivity contribution in [1.82, 2.24) is 0 Å². The first-order chi connectivity index (χ1) is 9.63. The van der Waals surface area contributed by atoms with E-state index >= 15 is 0 Å². The molecule has 0 saturated heterocycles. The maximum absolute atomic E-state index is 10.4. The second kappa shape index (κ2) is 6.57. The summed E-state index contributed by atoms with van der Waals surface area (Å²) in [5.74, 6) is -0.109. The van der Waals surface area contributed by atoms with E-state index in [9.17, 15) is 4.79 Å². The Bertz CT molecular complexity index is 595. The molecule has 0 bridgehead atoms. The summed E-state index contributed by atoms with van der Waals surface area (Å²) < 4.78 is 5.67. The predicted octanol–water partition coefficient (Wildman–Crippen LogP) is 3.67. The van der Waals surface area contributed by atoms with Gasteiger partial charge in [0.05, 0.1) is 0 Å². The van der Waals surface area contributed by atoms with E-state index in [1.165, 1.54) is 5.56 Å². The van der Waals surface area contributed by atoms with Crippen molar-refractivity contribution in [3.8, 4) is 5.75 Å². The fourth-order valence-electron chi connectivity index (χ4n) is 1.69. The summed E-state index contributed by atoms with van der Waals surface area (Å²) in [5.41, 5.74) is 3.09. The van der Waals surface area contributed by atoms with Crippen LogP contribution in [0.3, 0.4) is 0 Å². The quantitative estimate of drug-likeness (QED) is 0.841. The Kier molecular flexibility index (Phi) is 4.56. The highest BCUT2D eigenvalue weighted by Gasteiger charge is 1.96. The lowest BCUT2D eigenvalue weighted by molar-refractivity contribution is -0.131. The zero-order chi connectivity index (χ0) is 14.4. The van der Waals surface area contributed by atoms with Crippen LogP contribution in [0.1, 0.15) is 16.7 Å². The summed E-state index contributed by atoms with van der Waals surface area (Å²) in [5, 5.41) is 8.55. The van der Waals surface area contributed by atoms with Gasteiger partial charge in [0.15, 0.2) is 0 Å². The summed E-state index contributed by atoms with van der Waals surface area (Å²) in [6, 6.07) is 15.5. The van der Waals surface area contributed by atoms with Crippen molar-refractivity contribution in [2.75, 3.05) is 0 Å². The van der Waals surface area contributed by atoms with Gasteiger partial charge in [-0.05, 0) is 36.3 Å². The molecule has 2 aromatic carbocycles. The van der Waals surface area contributed by atoms with Gasteiger partial charge in [0, 0.05) is 6.08 Å². The lowest BCUT2D eigenvalue weighted by Gasteiger charge is -2.06. The number of rotatable bonds is 5. The van der Waals surface area contributed by atoms with Crippen LogP contribution < -0.4 is 4.74 Å². The highest BCUT2D eigenvalue weighted by molar-refractivity contribution is 5.85. The molecular formula is C17H16O3. The zero-order valence-electron chi connectivity index (χ0n) is 11.2. The molecule has 0 spiro atoms. The maximum atomic E-state index is 10.4. The molecule has 0 unspecified atom stereocenters. The van der Waals surface area contributed by atoms with E-state index in [0.717, 1.165) is 23.0 Å². The van der Waals surface area contributed by atoms with E-state index in [1.54, 1.807) is 6.08 Å². The van der Waals surface area contributed by atoms with E-state index in [0.29, 0.717) is 6.61 Å². The van der Waals surface area contributed by atoms with E-state index < -0.39 is 5.97 Å². The second-order valence-electron chi connectivity index (χ2n) is 4.51. The number of carbonyl (C=O) groups is 1. The fraction of sp³-hybridized carbons (Fsp3) is 0.118. The van der Waals surface area contributed by atoms with Crippen molar-refractivity contribution in [2.24, 2.45) is 0 Å². The average molecular weight is 268 g/mol. The van der Waals surface area contributed by atoms with Crippen molar-refractivity contribution in [1.29, 1.82) is 0 Å². The van der Waals surface area contributed by atoms with Crippen molar-refractivity contribution in [2.45, 2.75) is 13.5 Å². The molecule has 0 amide bonds. The van der Waals surface area contributed by atoms with Gasteiger partial charge in [0.1, 0.15) is 12.4 Å². The molecule has 0 fully saturated rings. The number of carboxylic acid groups (broad SMARTS) is 1. The zero-order valence-corrected chi connectivity index (χ0v) is 11.2. The first-order valence-corrected chi connectivity index (χ1v) is 6.33. The minimum Gasteiger partial charge on any atom is -0.489 e. The van der Waals surface area contributed by atoms with Gasteiger partial charge >= 0.3 is 5.97 Å². The smallest absolute Gasteiger partial charge is 0.328 e. The number of aliphatic carboxylic acids is 1. The summed E-state index contributed by atoms with van der Waals surface area (Å²) >= 11 is 0. The number of hydrogen-bond acceptors (Lipinski definition) is 2. The first kappa shape index (κ1) is 13.9. The number of benzene rings is 2. The van der Waals surface area contributed by atoms with Crippen LogP contribution in [-0.2, 0) is 11.4 Å². The van der Waals surface area contributed by atoms with Gasteiger partial charge in [-0.3, -0.25) is 0 Å². The fourth-order valence-corrected chi connectivity index (χ4v) is 1.69. The summed E-state index contributed by atoms with van der Waals surface area (Å²) in [7, 11) is 0. The Hall–Kier alpha value is -2.55. The second-order valence-corrected chi connectivity index (χ2v) is 4.51. The number of ether oxygens (including phenoxy) is 1. The molecule has 0 atom stereocenters. The SMILES string of the molecule is Cc1ccc(OCc2ccc(C=CC(=O)O)cc2)cc1. The molecule has 0 aliphatic carbocycles. The molecule has 2 rings (SSSR count). The van der Waals surface area contributed by atoms with E-state index in [4.69, 9.17) is 9.84 Å². The van der Waals surface area contributed by atoms with Crippen molar-refractivity contribution in [3.63, 3.8) is 0 Å². The molecule has 3 nitrogen and oxygen atoms in total. The van der Waals surface area contributed by atoms with Crippen LogP contribution in [0.5, 0.6) is 5.75 Å². The third kappa shape index (κ3) is 4.28. The molecule has 0 aliphatic rings. The van der Waals surface area contributed by atoms with Crippen LogP contribution in [-0.4, -0.2) is 11.1 Å². The Morgan fingerprint density at radius 3 is 2.35 bits per heavy atom.